The highest BCUT2D eigenvalue weighted by Crippen LogP contribution is 2.29. The molecule has 4 aromatic rings. The zero-order valence-electron chi connectivity index (χ0n) is 18.9. The van der Waals surface area contributed by atoms with Crippen LogP contribution in [0.3, 0.4) is 0 Å². The minimum Gasteiger partial charge on any atom is -0.494 e. The van der Waals surface area contributed by atoms with Crippen LogP contribution in [0.2, 0.25) is 0 Å². The minimum atomic E-state index is -0.210. The number of aryl methyl sites for hydroxylation is 3. The largest absolute Gasteiger partial charge is 0.494 e. The Morgan fingerprint density at radius 3 is 2.72 bits per heavy atom. The lowest BCUT2D eigenvalue weighted by atomic mass is 10.1. The molecule has 1 amide bonds. The molecule has 0 aliphatic carbocycles. The number of fused-ring (bicyclic) bond motifs is 1. The number of amides is 1. The molecule has 0 fully saturated rings. The molecular weight excluding hydrogens is 420 g/mol. The van der Waals surface area contributed by atoms with Crippen molar-refractivity contribution in [3.05, 3.63) is 64.8 Å². The molecule has 166 valence electrons. The van der Waals surface area contributed by atoms with Gasteiger partial charge in [0, 0.05) is 11.6 Å². The number of benzene rings is 2. The summed E-state index contributed by atoms with van der Waals surface area (Å²) in [4.78, 5) is 17.7. The van der Waals surface area contributed by atoms with Crippen molar-refractivity contribution in [2.24, 2.45) is 0 Å². The molecule has 2 aromatic heterocycles. The summed E-state index contributed by atoms with van der Waals surface area (Å²) in [6.07, 6.45) is 3.29. The van der Waals surface area contributed by atoms with Crippen LogP contribution in [-0.4, -0.2) is 27.3 Å². The van der Waals surface area contributed by atoms with Crippen molar-refractivity contribution in [1.82, 2.24) is 14.8 Å². The van der Waals surface area contributed by atoms with E-state index < -0.39 is 0 Å². The van der Waals surface area contributed by atoms with Gasteiger partial charge in [-0.25, -0.2) is 4.98 Å². The highest BCUT2D eigenvalue weighted by Gasteiger charge is 2.16. The standard InChI is InChI=1S/C25H28N4O2S/c1-5-6-7-11-31-20-10-8-9-19(15-20)24(30)27-23-14-18(4)28-29(23)25-26-21-12-16(2)17(3)13-22(21)32-25/h8-10,12-15H,5-7,11H2,1-4H3,(H,27,30). The Hall–Kier alpha value is -3.19. The lowest BCUT2D eigenvalue weighted by Crippen LogP contribution is -2.15. The molecule has 2 heterocycles. The number of nitrogens with one attached hydrogen (secondary N) is 1. The van der Waals surface area contributed by atoms with Gasteiger partial charge >= 0.3 is 0 Å². The third-order valence-electron chi connectivity index (χ3n) is 5.36. The summed E-state index contributed by atoms with van der Waals surface area (Å²) in [5.74, 6) is 1.09. The molecule has 0 spiro atoms. The van der Waals surface area contributed by atoms with Crippen molar-refractivity contribution in [1.29, 1.82) is 0 Å². The molecule has 0 saturated heterocycles. The fourth-order valence-corrected chi connectivity index (χ4v) is 4.46. The van der Waals surface area contributed by atoms with Crippen molar-refractivity contribution in [2.75, 3.05) is 11.9 Å². The monoisotopic (exact) mass is 448 g/mol. The molecule has 2 aromatic carbocycles. The molecule has 0 aliphatic heterocycles. The van der Waals surface area contributed by atoms with E-state index in [2.05, 4.69) is 43.3 Å². The average molecular weight is 449 g/mol. The topological polar surface area (TPSA) is 69.0 Å². The van der Waals surface area contributed by atoms with Gasteiger partial charge in [-0.3, -0.25) is 4.79 Å². The van der Waals surface area contributed by atoms with E-state index in [-0.39, 0.29) is 5.91 Å². The third-order valence-corrected chi connectivity index (χ3v) is 6.35. The lowest BCUT2D eigenvalue weighted by molar-refractivity contribution is 0.102. The van der Waals surface area contributed by atoms with E-state index in [0.29, 0.717) is 23.7 Å². The van der Waals surface area contributed by atoms with Crippen LogP contribution in [0.25, 0.3) is 15.3 Å². The molecule has 6 nitrogen and oxygen atoms in total. The van der Waals surface area contributed by atoms with Gasteiger partial charge in [-0.1, -0.05) is 37.2 Å². The maximum Gasteiger partial charge on any atom is 0.256 e. The summed E-state index contributed by atoms with van der Waals surface area (Å²) < 4.78 is 8.59. The highest BCUT2D eigenvalue weighted by atomic mass is 32.1. The van der Waals surface area contributed by atoms with E-state index >= 15 is 0 Å². The van der Waals surface area contributed by atoms with Crippen molar-refractivity contribution in [2.45, 2.75) is 47.0 Å². The van der Waals surface area contributed by atoms with Crippen molar-refractivity contribution >= 4 is 33.3 Å². The van der Waals surface area contributed by atoms with Gasteiger partial charge in [0.05, 0.1) is 22.5 Å². The van der Waals surface area contributed by atoms with Crippen LogP contribution in [0, 0.1) is 20.8 Å². The van der Waals surface area contributed by atoms with Gasteiger partial charge in [-0.15, -0.1) is 0 Å². The Morgan fingerprint density at radius 2 is 1.91 bits per heavy atom. The van der Waals surface area contributed by atoms with Gasteiger partial charge in [-0.2, -0.15) is 9.78 Å². The summed E-state index contributed by atoms with van der Waals surface area (Å²) in [6, 6.07) is 13.4. The van der Waals surface area contributed by atoms with Gasteiger partial charge in [-0.05, 0) is 68.7 Å². The molecule has 0 radical (unpaired) electrons. The molecule has 4 rings (SSSR count). The molecule has 0 saturated carbocycles. The number of aromatic nitrogens is 3. The molecule has 0 unspecified atom stereocenters. The van der Waals surface area contributed by atoms with E-state index in [1.807, 2.05) is 25.1 Å². The SMILES string of the molecule is CCCCCOc1cccc(C(=O)Nc2cc(C)nn2-c2nc3cc(C)c(C)cc3s2)c1. The second-order valence-electron chi connectivity index (χ2n) is 8.02. The lowest BCUT2D eigenvalue weighted by Gasteiger charge is -2.09. The van der Waals surface area contributed by atoms with E-state index in [4.69, 9.17) is 9.72 Å². The van der Waals surface area contributed by atoms with Gasteiger partial charge in [0.2, 0.25) is 5.13 Å². The van der Waals surface area contributed by atoms with E-state index in [0.717, 1.165) is 40.3 Å². The second kappa shape index (κ2) is 9.53. The normalized spacial score (nSPS) is 11.1. The van der Waals surface area contributed by atoms with Crippen molar-refractivity contribution < 1.29 is 9.53 Å². The Labute approximate surface area is 192 Å². The fraction of sp³-hybridized carbons (Fsp3) is 0.320. The van der Waals surface area contributed by atoms with Gasteiger partial charge in [0.25, 0.3) is 5.91 Å². The number of thiazole rings is 1. The molecular formula is C25H28N4O2S. The zero-order chi connectivity index (χ0) is 22.7. The first-order valence-corrected chi connectivity index (χ1v) is 11.8. The summed E-state index contributed by atoms with van der Waals surface area (Å²) in [7, 11) is 0. The number of anilines is 1. The number of unbranched alkanes of at least 4 members (excludes halogenated alkanes) is 2. The highest BCUT2D eigenvalue weighted by molar-refractivity contribution is 7.20. The zero-order valence-corrected chi connectivity index (χ0v) is 19.8. The minimum absolute atomic E-state index is 0.210. The van der Waals surface area contributed by atoms with Crippen LogP contribution in [-0.2, 0) is 0 Å². The fourth-order valence-electron chi connectivity index (χ4n) is 3.45. The maximum absolute atomic E-state index is 13.0. The van der Waals surface area contributed by atoms with Crippen LogP contribution in [0.4, 0.5) is 5.82 Å². The van der Waals surface area contributed by atoms with Gasteiger partial charge < -0.3 is 10.1 Å². The first-order valence-electron chi connectivity index (χ1n) is 10.9. The molecule has 0 atom stereocenters. The molecule has 7 heteroatoms. The quantitative estimate of drug-likeness (QED) is 0.325. The number of carbonyl (C=O) groups is 1. The van der Waals surface area contributed by atoms with Crippen molar-refractivity contribution in [3.8, 4) is 10.9 Å². The van der Waals surface area contributed by atoms with E-state index in [9.17, 15) is 4.79 Å². The van der Waals surface area contributed by atoms with Crippen molar-refractivity contribution in [3.63, 3.8) is 0 Å². The number of ether oxygens (including phenoxy) is 1. The Bertz CT molecular complexity index is 1220. The van der Waals surface area contributed by atoms with Crippen LogP contribution in [0.5, 0.6) is 5.75 Å². The molecule has 1 N–H and O–H groups in total. The number of hydrogen-bond acceptors (Lipinski definition) is 5. The summed E-state index contributed by atoms with van der Waals surface area (Å²) in [6.45, 7) is 8.90. The summed E-state index contributed by atoms with van der Waals surface area (Å²) in [5, 5.41) is 8.28. The van der Waals surface area contributed by atoms with Crippen LogP contribution in [0.15, 0.2) is 42.5 Å². The third kappa shape index (κ3) is 4.83. The first-order chi connectivity index (χ1) is 15.4. The number of carbonyl (C=O) groups excluding carboxylic acids is 1. The van der Waals surface area contributed by atoms with E-state index in [1.54, 1.807) is 28.2 Å². The van der Waals surface area contributed by atoms with Gasteiger partial charge in [0.1, 0.15) is 11.6 Å². The second-order valence-corrected chi connectivity index (χ2v) is 9.03. The number of hydrogen-bond donors (Lipinski definition) is 1. The van der Waals surface area contributed by atoms with E-state index in [1.165, 1.54) is 11.1 Å². The first kappa shape index (κ1) is 22.0. The Balaban J connectivity index is 1.55. The average Bonchev–Trinajstić information content (AvgIpc) is 3.34. The molecule has 32 heavy (non-hydrogen) atoms. The van der Waals surface area contributed by atoms with Gasteiger partial charge in [0.15, 0.2) is 0 Å². The maximum atomic E-state index is 13.0. The Kier molecular flexibility index (Phi) is 6.55. The smallest absolute Gasteiger partial charge is 0.256 e. The Morgan fingerprint density at radius 1 is 1.09 bits per heavy atom. The van der Waals surface area contributed by atoms with Crippen LogP contribution < -0.4 is 10.1 Å². The summed E-state index contributed by atoms with van der Waals surface area (Å²) >= 11 is 1.56. The molecule has 0 aliphatic rings. The predicted molar refractivity (Wildman–Crippen MR) is 130 cm³/mol. The van der Waals surface area contributed by atoms with Crippen LogP contribution >= 0.6 is 11.3 Å². The number of nitrogens with zero attached hydrogens (tertiary/aromatic N) is 3. The molecule has 0 bridgehead atoms. The van der Waals surface area contributed by atoms with Crippen LogP contribution in [0.1, 0.15) is 53.4 Å². The predicted octanol–water partition coefficient (Wildman–Crippen LogP) is 6.23. The number of rotatable bonds is 8. The summed E-state index contributed by atoms with van der Waals surface area (Å²) in [5.41, 5.74) is 4.72.